The monoisotopic (exact) mass is 308 g/mol. The van der Waals surface area contributed by atoms with Crippen LogP contribution in [0.3, 0.4) is 0 Å². The zero-order chi connectivity index (χ0) is 15.6. The minimum Gasteiger partial charge on any atom is -0.472 e. The van der Waals surface area contributed by atoms with Gasteiger partial charge in [0.25, 0.3) is 0 Å². The molecule has 1 amide bonds. The summed E-state index contributed by atoms with van der Waals surface area (Å²) in [6.45, 7) is 3.55. The van der Waals surface area contributed by atoms with Gasteiger partial charge in [-0.15, -0.1) is 0 Å². The molecule has 2 aliphatic rings. The summed E-state index contributed by atoms with van der Waals surface area (Å²) in [6.07, 6.45) is 5.41. The average molecular weight is 308 g/mol. The third-order valence-corrected chi connectivity index (χ3v) is 4.50. The van der Waals surface area contributed by atoms with E-state index in [0.717, 1.165) is 32.5 Å². The zero-order valence-corrected chi connectivity index (χ0v) is 13.3. The molecule has 0 aromatic carbocycles. The molecule has 0 radical (unpaired) electrons. The normalized spacial score (nSPS) is 28.5. The molecule has 122 valence electrons. The highest BCUT2D eigenvalue weighted by Crippen LogP contribution is 2.36. The van der Waals surface area contributed by atoms with Crippen molar-refractivity contribution in [2.75, 3.05) is 40.4 Å². The Kier molecular flexibility index (Phi) is 4.52. The second-order valence-corrected chi connectivity index (χ2v) is 6.51. The van der Waals surface area contributed by atoms with Crippen LogP contribution >= 0.6 is 0 Å². The summed E-state index contributed by atoms with van der Waals surface area (Å²) < 4.78 is 16.9. The first-order valence-electron chi connectivity index (χ1n) is 7.75. The summed E-state index contributed by atoms with van der Waals surface area (Å²) >= 11 is 0. The van der Waals surface area contributed by atoms with E-state index in [1.165, 1.54) is 5.56 Å². The number of hydrogen-bond acceptors (Lipinski definition) is 5. The molecule has 0 N–H and O–H groups in total. The molecule has 1 aromatic rings. The van der Waals surface area contributed by atoms with Crippen molar-refractivity contribution >= 4 is 5.91 Å². The number of nitrogens with zero attached hydrogens (tertiary/aromatic N) is 2. The summed E-state index contributed by atoms with van der Waals surface area (Å²) in [4.78, 5) is 15.5. The van der Waals surface area contributed by atoms with Crippen molar-refractivity contribution in [3.8, 4) is 0 Å². The van der Waals surface area contributed by atoms with Crippen LogP contribution in [0.4, 0.5) is 0 Å². The number of furan rings is 1. The van der Waals surface area contributed by atoms with Crippen molar-refractivity contribution in [1.29, 1.82) is 0 Å². The largest absolute Gasteiger partial charge is 0.472 e. The van der Waals surface area contributed by atoms with Gasteiger partial charge in [-0.25, -0.2) is 0 Å². The third-order valence-electron chi connectivity index (χ3n) is 4.50. The van der Waals surface area contributed by atoms with Crippen molar-refractivity contribution in [2.45, 2.75) is 31.1 Å². The SMILES string of the molecule is CN(C)C(=O)CO[C@@H]1CO[C@@]2(CCN(Cc3ccoc3)C2)C1. The topological polar surface area (TPSA) is 55.2 Å². The summed E-state index contributed by atoms with van der Waals surface area (Å²) in [6, 6.07) is 2.00. The number of carbonyl (C=O) groups excluding carboxylic acids is 1. The first kappa shape index (κ1) is 15.5. The fourth-order valence-corrected chi connectivity index (χ4v) is 3.22. The van der Waals surface area contributed by atoms with E-state index in [9.17, 15) is 4.79 Å². The van der Waals surface area contributed by atoms with Crippen molar-refractivity contribution in [1.82, 2.24) is 9.80 Å². The average Bonchev–Trinajstić information content (AvgIpc) is 3.20. The Bertz CT molecular complexity index is 502. The highest BCUT2D eigenvalue weighted by molar-refractivity contribution is 5.76. The Morgan fingerprint density at radius 3 is 3.14 bits per heavy atom. The molecule has 3 heterocycles. The van der Waals surface area contributed by atoms with Gasteiger partial charge in [0.2, 0.25) is 5.91 Å². The molecule has 1 spiro atoms. The van der Waals surface area contributed by atoms with Gasteiger partial charge in [-0.1, -0.05) is 0 Å². The standard InChI is InChI=1S/C16H24N2O4/c1-17(2)15(19)11-21-14-7-16(22-10-14)4-5-18(12-16)8-13-3-6-20-9-13/h3,6,9,14H,4-5,7-8,10-12H2,1-2H3/t14-,16-/m0/s1. The van der Waals surface area contributed by atoms with Gasteiger partial charge in [-0.2, -0.15) is 0 Å². The number of likely N-dealkylation sites (N-methyl/N-ethyl adjacent to an activating group) is 1. The molecule has 0 saturated carbocycles. The number of hydrogen-bond donors (Lipinski definition) is 0. The van der Waals surface area contributed by atoms with E-state index in [0.29, 0.717) is 6.61 Å². The van der Waals surface area contributed by atoms with Crippen molar-refractivity contribution in [3.63, 3.8) is 0 Å². The lowest BCUT2D eigenvalue weighted by atomic mass is 9.98. The Morgan fingerprint density at radius 2 is 2.41 bits per heavy atom. The minimum absolute atomic E-state index is 0.00560. The summed E-state index contributed by atoms with van der Waals surface area (Å²) in [5.74, 6) is -0.00560. The van der Waals surface area contributed by atoms with Crippen molar-refractivity contribution in [2.24, 2.45) is 0 Å². The minimum atomic E-state index is -0.102. The third kappa shape index (κ3) is 3.51. The second-order valence-electron chi connectivity index (χ2n) is 6.51. The van der Waals surface area contributed by atoms with Gasteiger partial charge in [0.05, 0.1) is 30.8 Å². The zero-order valence-electron chi connectivity index (χ0n) is 13.3. The maximum absolute atomic E-state index is 11.6. The predicted molar refractivity (Wildman–Crippen MR) is 80.3 cm³/mol. The summed E-state index contributed by atoms with van der Waals surface area (Å²) in [5.41, 5.74) is 1.09. The summed E-state index contributed by atoms with van der Waals surface area (Å²) in [7, 11) is 3.48. The molecule has 6 heteroatoms. The van der Waals surface area contributed by atoms with Gasteiger partial charge in [0.1, 0.15) is 6.61 Å². The molecule has 2 saturated heterocycles. The molecule has 2 atom stereocenters. The predicted octanol–water partition coefficient (Wildman–Crippen LogP) is 1.12. The number of carbonyl (C=O) groups is 1. The van der Waals surface area contributed by atoms with Gasteiger partial charge in [-0.05, 0) is 12.5 Å². The van der Waals surface area contributed by atoms with E-state index < -0.39 is 0 Å². The van der Waals surface area contributed by atoms with Crippen LogP contribution < -0.4 is 0 Å². The molecule has 1 aromatic heterocycles. The van der Waals surface area contributed by atoms with Gasteiger partial charge >= 0.3 is 0 Å². The number of rotatable bonds is 5. The lowest BCUT2D eigenvalue weighted by molar-refractivity contribution is -0.135. The van der Waals surface area contributed by atoms with E-state index in [2.05, 4.69) is 4.90 Å². The molecule has 3 rings (SSSR count). The molecular weight excluding hydrogens is 284 g/mol. The van der Waals surface area contributed by atoms with E-state index >= 15 is 0 Å². The maximum atomic E-state index is 11.6. The van der Waals surface area contributed by atoms with E-state index in [-0.39, 0.29) is 24.2 Å². The van der Waals surface area contributed by atoms with E-state index in [4.69, 9.17) is 13.9 Å². The van der Waals surface area contributed by atoms with Crippen LogP contribution in [0, 0.1) is 0 Å². The molecule has 6 nitrogen and oxygen atoms in total. The highest BCUT2D eigenvalue weighted by atomic mass is 16.6. The van der Waals surface area contributed by atoms with Gasteiger partial charge < -0.3 is 18.8 Å². The molecular formula is C16H24N2O4. The fraction of sp³-hybridized carbons (Fsp3) is 0.688. The summed E-state index contributed by atoms with van der Waals surface area (Å²) in [5, 5.41) is 0. The van der Waals surface area contributed by atoms with Crippen LogP contribution in [0.15, 0.2) is 23.0 Å². The van der Waals surface area contributed by atoms with Gasteiger partial charge in [-0.3, -0.25) is 9.69 Å². The van der Waals surface area contributed by atoms with Crippen molar-refractivity contribution in [3.05, 3.63) is 24.2 Å². The van der Waals surface area contributed by atoms with Gasteiger partial charge in [0, 0.05) is 45.7 Å². The molecule has 22 heavy (non-hydrogen) atoms. The number of ether oxygens (including phenoxy) is 2. The smallest absolute Gasteiger partial charge is 0.248 e. The van der Waals surface area contributed by atoms with Crippen LogP contribution in [0.2, 0.25) is 0 Å². The second kappa shape index (κ2) is 6.40. The first-order valence-corrected chi connectivity index (χ1v) is 7.75. The Morgan fingerprint density at radius 1 is 1.55 bits per heavy atom. The maximum Gasteiger partial charge on any atom is 0.248 e. The van der Waals surface area contributed by atoms with E-state index in [1.807, 2.05) is 6.07 Å². The lowest BCUT2D eigenvalue weighted by Crippen LogP contribution is -2.33. The molecule has 2 fully saturated rings. The van der Waals surface area contributed by atoms with Crippen molar-refractivity contribution < 1.29 is 18.7 Å². The Labute approximate surface area is 131 Å². The Balaban J connectivity index is 1.47. The quantitative estimate of drug-likeness (QED) is 0.816. The fourth-order valence-electron chi connectivity index (χ4n) is 3.22. The Hall–Kier alpha value is -1.37. The first-order chi connectivity index (χ1) is 10.6. The van der Waals surface area contributed by atoms with Crippen LogP contribution in [-0.2, 0) is 20.8 Å². The van der Waals surface area contributed by atoms with Crippen LogP contribution in [0.5, 0.6) is 0 Å². The molecule has 0 bridgehead atoms. The van der Waals surface area contributed by atoms with Crippen LogP contribution in [0.1, 0.15) is 18.4 Å². The molecule has 2 aliphatic heterocycles. The van der Waals surface area contributed by atoms with Crippen LogP contribution in [0.25, 0.3) is 0 Å². The molecule has 0 unspecified atom stereocenters. The van der Waals surface area contributed by atoms with E-state index in [1.54, 1.807) is 31.5 Å². The number of likely N-dealkylation sites (tertiary alicyclic amines) is 1. The highest BCUT2D eigenvalue weighted by Gasteiger charge is 2.45. The molecule has 0 aliphatic carbocycles. The van der Waals surface area contributed by atoms with Gasteiger partial charge in [0.15, 0.2) is 0 Å². The van der Waals surface area contributed by atoms with Crippen LogP contribution in [-0.4, -0.2) is 67.8 Å². The number of amides is 1. The lowest BCUT2D eigenvalue weighted by Gasteiger charge is -2.23.